The van der Waals surface area contributed by atoms with Gasteiger partial charge in [0.05, 0.1) is 11.3 Å². The smallest absolute Gasteiger partial charge is 0.327 e. The van der Waals surface area contributed by atoms with Crippen molar-refractivity contribution in [1.82, 2.24) is 4.90 Å². The van der Waals surface area contributed by atoms with Gasteiger partial charge < -0.3 is 15.7 Å². The van der Waals surface area contributed by atoms with Crippen LogP contribution in [0.2, 0.25) is 0 Å². The zero-order valence-electron chi connectivity index (χ0n) is 10.7. The molecule has 0 aliphatic carbocycles. The van der Waals surface area contributed by atoms with Crippen LogP contribution in [0.15, 0.2) is 0 Å². The third-order valence-electron chi connectivity index (χ3n) is 3.57. The third-order valence-corrected chi connectivity index (χ3v) is 4.59. The van der Waals surface area contributed by atoms with E-state index in [9.17, 15) is 9.59 Å². The van der Waals surface area contributed by atoms with Crippen molar-refractivity contribution in [3.8, 4) is 0 Å². The molecule has 1 aliphatic rings. The summed E-state index contributed by atoms with van der Waals surface area (Å²) in [6.45, 7) is 7.09. The minimum Gasteiger partial charge on any atom is -0.480 e. The van der Waals surface area contributed by atoms with Crippen LogP contribution in [0.4, 0.5) is 0 Å². The van der Waals surface area contributed by atoms with Crippen molar-refractivity contribution in [1.29, 1.82) is 0 Å². The molecule has 0 aromatic heterocycles. The summed E-state index contributed by atoms with van der Waals surface area (Å²) in [5, 5.41) is 9.06. The van der Waals surface area contributed by atoms with Crippen LogP contribution >= 0.6 is 11.8 Å². The number of carbonyl (C=O) groups excluding carboxylic acids is 1. The molecule has 1 saturated heterocycles. The van der Waals surface area contributed by atoms with E-state index < -0.39 is 23.0 Å². The summed E-state index contributed by atoms with van der Waals surface area (Å²) in [5.74, 6) is -0.270. The standard InChI is InChI=1S/C11H20N2O3S/c1-10(2,11(3,4)12)9(16)13-6-17-5-7(13)8(14)15/h7H,5-6,12H2,1-4H3,(H,14,15)/t7-/m0/s1. The van der Waals surface area contributed by atoms with Crippen LogP contribution in [-0.2, 0) is 9.59 Å². The molecule has 0 radical (unpaired) electrons. The number of aliphatic carboxylic acids is 1. The minimum atomic E-state index is -0.950. The molecule has 0 aromatic rings. The molecule has 0 bridgehead atoms. The first-order valence-corrected chi connectivity index (χ1v) is 6.65. The van der Waals surface area contributed by atoms with Gasteiger partial charge in [0.25, 0.3) is 0 Å². The van der Waals surface area contributed by atoms with Gasteiger partial charge in [-0.2, -0.15) is 0 Å². The Kier molecular flexibility index (Phi) is 3.78. The molecule has 0 aromatic carbocycles. The summed E-state index contributed by atoms with van der Waals surface area (Å²) in [6, 6.07) is -0.728. The zero-order chi connectivity index (χ0) is 13.4. The van der Waals surface area contributed by atoms with Gasteiger partial charge in [-0.15, -0.1) is 11.8 Å². The van der Waals surface area contributed by atoms with Crippen LogP contribution in [-0.4, -0.2) is 45.1 Å². The van der Waals surface area contributed by atoms with Crippen LogP contribution in [0.3, 0.4) is 0 Å². The van der Waals surface area contributed by atoms with Crippen molar-refractivity contribution in [3.05, 3.63) is 0 Å². The molecule has 0 unspecified atom stereocenters. The fourth-order valence-electron chi connectivity index (χ4n) is 1.48. The maximum atomic E-state index is 12.4. The second-order valence-corrected chi connectivity index (χ2v) is 6.48. The van der Waals surface area contributed by atoms with Gasteiger partial charge in [-0.1, -0.05) is 0 Å². The Morgan fingerprint density at radius 1 is 1.35 bits per heavy atom. The lowest BCUT2D eigenvalue weighted by molar-refractivity contribution is -0.153. The van der Waals surface area contributed by atoms with Crippen molar-refractivity contribution in [2.45, 2.75) is 39.3 Å². The summed E-state index contributed by atoms with van der Waals surface area (Å²) < 4.78 is 0. The molecule has 0 spiro atoms. The second kappa shape index (κ2) is 4.49. The van der Waals surface area contributed by atoms with E-state index in [4.69, 9.17) is 10.8 Å². The van der Waals surface area contributed by atoms with Crippen LogP contribution in [0.25, 0.3) is 0 Å². The molecule has 1 fully saturated rings. The average molecular weight is 260 g/mol. The van der Waals surface area contributed by atoms with Gasteiger partial charge in [-0.25, -0.2) is 4.79 Å². The summed E-state index contributed by atoms with van der Waals surface area (Å²) in [7, 11) is 0. The summed E-state index contributed by atoms with van der Waals surface area (Å²) >= 11 is 1.46. The quantitative estimate of drug-likeness (QED) is 0.782. The van der Waals surface area contributed by atoms with Crippen LogP contribution in [0.5, 0.6) is 0 Å². The molecule has 0 saturated carbocycles. The minimum absolute atomic E-state index is 0.192. The molecule has 1 aliphatic heterocycles. The van der Waals surface area contributed by atoms with Gasteiger partial charge in [-0.3, -0.25) is 4.79 Å². The Hall–Kier alpha value is -0.750. The van der Waals surface area contributed by atoms with Crippen LogP contribution in [0.1, 0.15) is 27.7 Å². The molecule has 1 heterocycles. The van der Waals surface area contributed by atoms with Crippen molar-refractivity contribution in [2.75, 3.05) is 11.6 Å². The summed E-state index contributed by atoms with van der Waals surface area (Å²) in [5.41, 5.74) is 4.52. The van der Waals surface area contributed by atoms with E-state index in [2.05, 4.69) is 0 Å². The number of carboxylic acids is 1. The fraction of sp³-hybridized carbons (Fsp3) is 0.818. The van der Waals surface area contributed by atoms with E-state index in [-0.39, 0.29) is 5.91 Å². The van der Waals surface area contributed by atoms with Crippen molar-refractivity contribution in [3.63, 3.8) is 0 Å². The van der Waals surface area contributed by atoms with Gasteiger partial charge in [0.2, 0.25) is 5.91 Å². The monoisotopic (exact) mass is 260 g/mol. The highest BCUT2D eigenvalue weighted by atomic mass is 32.2. The number of carboxylic acid groups (broad SMARTS) is 1. The Morgan fingerprint density at radius 2 is 1.88 bits per heavy atom. The highest BCUT2D eigenvalue weighted by molar-refractivity contribution is 7.99. The first-order valence-electron chi connectivity index (χ1n) is 5.49. The lowest BCUT2D eigenvalue weighted by Gasteiger charge is -2.40. The molecule has 1 rings (SSSR count). The molecule has 3 N–H and O–H groups in total. The maximum Gasteiger partial charge on any atom is 0.327 e. The maximum absolute atomic E-state index is 12.4. The van der Waals surface area contributed by atoms with Crippen LogP contribution in [0, 0.1) is 5.41 Å². The summed E-state index contributed by atoms with van der Waals surface area (Å²) in [4.78, 5) is 24.9. The Morgan fingerprint density at radius 3 is 2.29 bits per heavy atom. The first-order chi connectivity index (χ1) is 7.59. The molecule has 6 heteroatoms. The zero-order valence-corrected chi connectivity index (χ0v) is 11.5. The normalized spacial score (nSPS) is 21.7. The Bertz CT molecular complexity index is 336. The fourth-order valence-corrected chi connectivity index (χ4v) is 2.63. The van der Waals surface area contributed by atoms with Crippen molar-refractivity contribution < 1.29 is 14.7 Å². The number of hydrogen-bond donors (Lipinski definition) is 2. The average Bonchev–Trinajstić information content (AvgIpc) is 2.62. The number of carbonyl (C=O) groups is 2. The SMILES string of the molecule is CC(C)(N)C(C)(C)C(=O)N1CSC[C@H]1C(=O)O. The van der Waals surface area contributed by atoms with E-state index in [1.165, 1.54) is 16.7 Å². The van der Waals surface area contributed by atoms with Gasteiger partial charge in [0.1, 0.15) is 6.04 Å². The molecule has 1 atom stereocenters. The van der Waals surface area contributed by atoms with E-state index in [0.717, 1.165) is 0 Å². The lowest BCUT2D eigenvalue weighted by Crippen LogP contribution is -2.58. The van der Waals surface area contributed by atoms with Gasteiger partial charge in [0, 0.05) is 11.3 Å². The predicted molar refractivity (Wildman–Crippen MR) is 67.6 cm³/mol. The first kappa shape index (κ1) is 14.3. The topological polar surface area (TPSA) is 83.6 Å². The number of thioether (sulfide) groups is 1. The molecule has 1 amide bonds. The molecular weight excluding hydrogens is 240 g/mol. The second-order valence-electron chi connectivity index (χ2n) is 5.48. The summed E-state index contributed by atoms with van der Waals surface area (Å²) in [6.07, 6.45) is 0. The van der Waals surface area contributed by atoms with Gasteiger partial charge in [0.15, 0.2) is 0 Å². The third kappa shape index (κ3) is 2.57. The molecule has 5 nitrogen and oxygen atoms in total. The van der Waals surface area contributed by atoms with E-state index in [1.807, 2.05) is 0 Å². The number of nitrogens with zero attached hydrogens (tertiary/aromatic N) is 1. The molecule has 98 valence electrons. The lowest BCUT2D eigenvalue weighted by atomic mass is 9.74. The number of nitrogens with two attached hydrogens (primary N) is 1. The Balaban J connectivity index is 2.94. The number of amides is 1. The van der Waals surface area contributed by atoms with E-state index >= 15 is 0 Å². The largest absolute Gasteiger partial charge is 0.480 e. The highest BCUT2D eigenvalue weighted by Gasteiger charge is 2.47. The van der Waals surface area contributed by atoms with Crippen molar-refractivity contribution in [2.24, 2.45) is 11.1 Å². The molecule has 17 heavy (non-hydrogen) atoms. The van der Waals surface area contributed by atoms with E-state index in [0.29, 0.717) is 11.6 Å². The molecular formula is C11H20N2O3S. The van der Waals surface area contributed by atoms with Crippen molar-refractivity contribution >= 4 is 23.6 Å². The van der Waals surface area contributed by atoms with Gasteiger partial charge >= 0.3 is 5.97 Å². The number of hydrogen-bond acceptors (Lipinski definition) is 4. The number of rotatable bonds is 3. The predicted octanol–water partition coefficient (Wildman–Crippen LogP) is 0.736. The Labute approximate surface area is 106 Å². The van der Waals surface area contributed by atoms with Gasteiger partial charge in [-0.05, 0) is 27.7 Å². The van der Waals surface area contributed by atoms with Crippen LogP contribution < -0.4 is 5.73 Å². The highest BCUT2D eigenvalue weighted by Crippen LogP contribution is 2.34. The van der Waals surface area contributed by atoms with E-state index in [1.54, 1.807) is 27.7 Å².